The Morgan fingerprint density at radius 1 is 0.931 bits per heavy atom. The van der Waals surface area contributed by atoms with E-state index in [4.69, 9.17) is 0 Å². The first-order valence-electron chi connectivity index (χ1n) is 9.56. The molecule has 0 saturated carbocycles. The van der Waals surface area contributed by atoms with E-state index in [1.165, 1.54) is 0 Å². The third-order valence-electron chi connectivity index (χ3n) is 4.88. The number of benzene rings is 1. The van der Waals surface area contributed by atoms with Gasteiger partial charge in [0.1, 0.15) is 0 Å². The molecule has 1 saturated heterocycles. The predicted octanol–water partition coefficient (Wildman–Crippen LogP) is 3.28. The number of rotatable bonds is 4. The van der Waals surface area contributed by atoms with Gasteiger partial charge in [0.05, 0.1) is 0 Å². The largest absolute Gasteiger partial charge is 0.352 e. The molecule has 1 fully saturated rings. The molecule has 8 nitrogen and oxygen atoms in total. The van der Waals surface area contributed by atoms with Crippen molar-refractivity contribution in [2.24, 2.45) is 0 Å². The first kappa shape index (κ1) is 18.7. The molecule has 2 amide bonds. The highest BCUT2D eigenvalue weighted by atomic mass is 16.2. The first-order valence-corrected chi connectivity index (χ1v) is 9.56. The Bertz CT molecular complexity index is 954. The molecule has 1 aliphatic heterocycles. The predicted molar refractivity (Wildman–Crippen MR) is 114 cm³/mol. The molecule has 148 valence electrons. The van der Waals surface area contributed by atoms with Crippen LogP contribution in [-0.4, -0.2) is 52.3 Å². The molecule has 0 atom stereocenters. The van der Waals surface area contributed by atoms with Gasteiger partial charge in [0, 0.05) is 49.9 Å². The summed E-state index contributed by atoms with van der Waals surface area (Å²) in [6.07, 6.45) is 3.44. The zero-order valence-electron chi connectivity index (χ0n) is 16.2. The van der Waals surface area contributed by atoms with Gasteiger partial charge < -0.3 is 20.4 Å². The number of urea groups is 1. The van der Waals surface area contributed by atoms with E-state index in [9.17, 15) is 4.79 Å². The molecule has 1 aliphatic rings. The maximum absolute atomic E-state index is 12.5. The van der Waals surface area contributed by atoms with Gasteiger partial charge >= 0.3 is 6.03 Å². The average molecular weight is 389 g/mol. The lowest BCUT2D eigenvalue weighted by Gasteiger charge is -2.35. The lowest BCUT2D eigenvalue weighted by molar-refractivity contribution is 0.208. The number of nitrogens with zero attached hydrogens (tertiary/aromatic N) is 5. The number of carbonyl (C=O) groups is 1. The third-order valence-corrected chi connectivity index (χ3v) is 4.88. The lowest BCUT2D eigenvalue weighted by Crippen LogP contribution is -2.50. The first-order chi connectivity index (χ1) is 14.2. The van der Waals surface area contributed by atoms with Crippen LogP contribution in [0.4, 0.5) is 27.8 Å². The number of hydrogen-bond donors (Lipinski definition) is 2. The van der Waals surface area contributed by atoms with E-state index in [2.05, 4.69) is 30.7 Å². The second-order valence-electron chi connectivity index (χ2n) is 6.86. The zero-order chi connectivity index (χ0) is 20.1. The maximum Gasteiger partial charge on any atom is 0.321 e. The van der Waals surface area contributed by atoms with Crippen LogP contribution in [0.15, 0.2) is 60.9 Å². The molecule has 3 heterocycles. The molecule has 2 aromatic heterocycles. The van der Waals surface area contributed by atoms with Crippen molar-refractivity contribution in [3.05, 3.63) is 66.5 Å². The molecule has 29 heavy (non-hydrogen) atoms. The number of amides is 2. The van der Waals surface area contributed by atoms with E-state index in [1.54, 1.807) is 12.4 Å². The molecule has 4 rings (SSSR count). The second-order valence-corrected chi connectivity index (χ2v) is 6.86. The number of aromatic nitrogens is 3. The highest BCUT2D eigenvalue weighted by Gasteiger charge is 2.22. The SMILES string of the molecule is Cc1ccccc1NC(=O)N1CCN(c2ccc(Nc3ccncc3)nn2)CC1. The van der Waals surface area contributed by atoms with Crippen molar-refractivity contribution in [1.82, 2.24) is 20.1 Å². The number of aryl methyl sites for hydroxylation is 1. The summed E-state index contributed by atoms with van der Waals surface area (Å²) in [6, 6.07) is 15.3. The number of hydrogen-bond acceptors (Lipinski definition) is 6. The molecule has 8 heteroatoms. The fourth-order valence-corrected chi connectivity index (χ4v) is 3.19. The highest BCUT2D eigenvalue weighted by molar-refractivity contribution is 5.90. The highest BCUT2D eigenvalue weighted by Crippen LogP contribution is 2.18. The van der Waals surface area contributed by atoms with Crippen LogP contribution in [0.3, 0.4) is 0 Å². The summed E-state index contributed by atoms with van der Waals surface area (Å²) in [5.41, 5.74) is 2.81. The molecule has 0 aliphatic carbocycles. The summed E-state index contributed by atoms with van der Waals surface area (Å²) < 4.78 is 0. The van der Waals surface area contributed by atoms with Crippen molar-refractivity contribution in [3.63, 3.8) is 0 Å². The zero-order valence-corrected chi connectivity index (χ0v) is 16.2. The van der Waals surface area contributed by atoms with Crippen molar-refractivity contribution < 1.29 is 4.79 Å². The molecular weight excluding hydrogens is 366 g/mol. The Balaban J connectivity index is 1.31. The van der Waals surface area contributed by atoms with Gasteiger partial charge in [0.15, 0.2) is 11.6 Å². The molecule has 0 spiro atoms. The van der Waals surface area contributed by atoms with Crippen LogP contribution in [0, 0.1) is 6.92 Å². The second kappa shape index (κ2) is 8.55. The van der Waals surface area contributed by atoms with Gasteiger partial charge in [-0.15, -0.1) is 10.2 Å². The van der Waals surface area contributed by atoms with Crippen LogP contribution in [-0.2, 0) is 0 Å². The van der Waals surface area contributed by atoms with E-state index in [0.717, 1.165) is 22.8 Å². The Labute approximate surface area is 169 Å². The van der Waals surface area contributed by atoms with E-state index >= 15 is 0 Å². The van der Waals surface area contributed by atoms with Gasteiger partial charge in [-0.1, -0.05) is 18.2 Å². The molecule has 1 aromatic carbocycles. The van der Waals surface area contributed by atoms with Crippen molar-refractivity contribution in [1.29, 1.82) is 0 Å². The minimum Gasteiger partial charge on any atom is -0.352 e. The Hall–Kier alpha value is -3.68. The normalized spacial score (nSPS) is 13.8. The number of carbonyl (C=O) groups excluding carboxylic acids is 1. The van der Waals surface area contributed by atoms with Crippen molar-refractivity contribution in [2.45, 2.75) is 6.92 Å². The van der Waals surface area contributed by atoms with Crippen molar-refractivity contribution in [3.8, 4) is 0 Å². The summed E-state index contributed by atoms with van der Waals surface area (Å²) in [7, 11) is 0. The van der Waals surface area contributed by atoms with E-state index in [0.29, 0.717) is 32.0 Å². The smallest absolute Gasteiger partial charge is 0.321 e. The average Bonchev–Trinajstić information content (AvgIpc) is 2.77. The standard InChI is InChI=1S/C21H23N7O/c1-16-4-2-3-5-18(16)24-21(29)28-14-12-27(13-15-28)20-7-6-19(25-26-20)23-17-8-10-22-11-9-17/h2-11H,12-15H2,1H3,(H,24,29)(H,22,23,25). The van der Waals surface area contributed by atoms with Crippen molar-refractivity contribution >= 4 is 29.0 Å². The Morgan fingerprint density at radius 2 is 1.69 bits per heavy atom. The summed E-state index contributed by atoms with van der Waals surface area (Å²) in [6.45, 7) is 4.69. The minimum absolute atomic E-state index is 0.0677. The van der Waals surface area contributed by atoms with Gasteiger partial charge in [0.2, 0.25) is 0 Å². The topological polar surface area (TPSA) is 86.3 Å². The van der Waals surface area contributed by atoms with Crippen LogP contribution in [0.5, 0.6) is 0 Å². The summed E-state index contributed by atoms with van der Waals surface area (Å²) in [5, 5.41) is 14.8. The van der Waals surface area contributed by atoms with Gasteiger partial charge in [-0.2, -0.15) is 0 Å². The van der Waals surface area contributed by atoms with Gasteiger partial charge in [-0.25, -0.2) is 4.79 Å². The fraction of sp³-hybridized carbons (Fsp3) is 0.238. The van der Waals surface area contributed by atoms with Gasteiger partial charge in [0.25, 0.3) is 0 Å². The fourth-order valence-electron chi connectivity index (χ4n) is 3.19. The Kier molecular flexibility index (Phi) is 5.51. The van der Waals surface area contributed by atoms with Gasteiger partial charge in [-0.3, -0.25) is 4.98 Å². The van der Waals surface area contributed by atoms with E-state index in [-0.39, 0.29) is 6.03 Å². The Morgan fingerprint density at radius 3 is 2.38 bits per heavy atom. The summed E-state index contributed by atoms with van der Waals surface area (Å²) in [4.78, 5) is 20.5. The number of pyridine rings is 1. The van der Waals surface area contributed by atoms with Crippen LogP contribution < -0.4 is 15.5 Å². The summed E-state index contributed by atoms with van der Waals surface area (Å²) >= 11 is 0. The van der Waals surface area contributed by atoms with Crippen LogP contribution in [0.25, 0.3) is 0 Å². The molecule has 0 bridgehead atoms. The third kappa shape index (κ3) is 4.60. The molecular formula is C21H23N7O. The molecule has 0 radical (unpaired) electrons. The number of anilines is 4. The van der Waals surface area contributed by atoms with Crippen LogP contribution in [0.2, 0.25) is 0 Å². The number of piperazine rings is 1. The molecule has 0 unspecified atom stereocenters. The monoisotopic (exact) mass is 389 g/mol. The maximum atomic E-state index is 12.5. The lowest BCUT2D eigenvalue weighted by atomic mass is 10.2. The van der Waals surface area contributed by atoms with E-state index in [1.807, 2.05) is 60.4 Å². The molecule has 3 aromatic rings. The van der Waals surface area contributed by atoms with E-state index < -0.39 is 0 Å². The minimum atomic E-state index is -0.0677. The van der Waals surface area contributed by atoms with Gasteiger partial charge in [-0.05, 0) is 42.8 Å². The van der Waals surface area contributed by atoms with Crippen LogP contribution in [0.1, 0.15) is 5.56 Å². The van der Waals surface area contributed by atoms with Crippen molar-refractivity contribution in [2.75, 3.05) is 41.7 Å². The molecule has 2 N–H and O–H groups in total. The summed E-state index contributed by atoms with van der Waals surface area (Å²) in [5.74, 6) is 1.49. The number of nitrogens with one attached hydrogen (secondary N) is 2. The quantitative estimate of drug-likeness (QED) is 0.712. The van der Waals surface area contributed by atoms with Crippen LogP contribution >= 0.6 is 0 Å². The number of para-hydroxylation sites is 1.